The zero-order valence-corrected chi connectivity index (χ0v) is 13.9. The van der Waals surface area contributed by atoms with Gasteiger partial charge in [-0.3, -0.25) is 0 Å². The molecule has 1 aliphatic carbocycles. The molecule has 0 N–H and O–H groups in total. The van der Waals surface area contributed by atoms with Gasteiger partial charge in [-0.05, 0) is 56.7 Å². The van der Waals surface area contributed by atoms with Crippen LogP contribution >= 0.6 is 0 Å². The van der Waals surface area contributed by atoms with Gasteiger partial charge in [0.1, 0.15) is 0 Å². The average molecular weight is 255 g/mol. The number of rotatable bonds is 1. The van der Waals surface area contributed by atoms with E-state index in [-0.39, 0.29) is 0 Å². The summed E-state index contributed by atoms with van der Waals surface area (Å²) in [6.45, 7) is 17.0. The van der Waals surface area contributed by atoms with E-state index < -0.39 is 0 Å². The first-order chi connectivity index (χ1) is 8.65. The van der Waals surface area contributed by atoms with Gasteiger partial charge < -0.3 is 4.90 Å². The molecule has 1 saturated heterocycles. The van der Waals surface area contributed by atoms with Crippen molar-refractivity contribution >= 4 is 0 Å². The summed E-state index contributed by atoms with van der Waals surface area (Å²) in [4.78, 5) is 2.61. The van der Waals surface area contributed by atoms with Crippen molar-refractivity contribution in [1.29, 1.82) is 0 Å². The van der Waals surface area contributed by atoms with E-state index in [9.17, 15) is 0 Å². The Balaban J connectivity index is 0.000000509. The summed E-state index contributed by atoms with van der Waals surface area (Å²) < 4.78 is 0. The minimum Gasteiger partial charge on any atom is -0.304 e. The zero-order valence-electron chi connectivity index (χ0n) is 13.9. The van der Waals surface area contributed by atoms with Crippen molar-refractivity contribution in [3.8, 4) is 0 Å². The molecule has 1 heteroatoms. The maximum absolute atomic E-state index is 2.61. The van der Waals surface area contributed by atoms with E-state index >= 15 is 0 Å². The molecule has 0 aromatic rings. The fraction of sp³-hybridized carbons (Fsp3) is 1.00. The number of hydrogen-bond donors (Lipinski definition) is 0. The Bertz CT molecular complexity index is 180. The smallest absolute Gasteiger partial charge is 0.00135 e. The summed E-state index contributed by atoms with van der Waals surface area (Å²) in [5.74, 6) is 1.01. The highest BCUT2D eigenvalue weighted by atomic mass is 15.1. The van der Waals surface area contributed by atoms with E-state index in [4.69, 9.17) is 0 Å². The summed E-state index contributed by atoms with van der Waals surface area (Å²) in [5.41, 5.74) is 0.783. The lowest BCUT2D eigenvalue weighted by atomic mass is 9.76. The molecule has 1 saturated carbocycles. The molecule has 1 atom stereocenters. The second-order valence-corrected chi connectivity index (χ2v) is 5.99. The van der Waals surface area contributed by atoms with Crippen molar-refractivity contribution in [1.82, 2.24) is 4.90 Å². The molecule has 2 fully saturated rings. The largest absolute Gasteiger partial charge is 0.304 e. The highest BCUT2D eigenvalue weighted by molar-refractivity contribution is 4.91. The standard InChI is InChI=1S/C12H23N.C3H8.C2H6/c1-3-13-8-6-12(7-9-13)5-4-11(2)10-12;1-3-2;1-2/h11H,3-10H2,1-2H3;3H2,1-2H3;1-2H3. The molecule has 2 aliphatic rings. The van der Waals surface area contributed by atoms with Gasteiger partial charge in [-0.1, -0.05) is 54.4 Å². The second kappa shape index (κ2) is 9.83. The van der Waals surface area contributed by atoms with Crippen LogP contribution in [0.2, 0.25) is 0 Å². The Morgan fingerprint density at radius 3 is 1.83 bits per heavy atom. The summed E-state index contributed by atoms with van der Waals surface area (Å²) in [7, 11) is 0. The van der Waals surface area contributed by atoms with Gasteiger partial charge in [-0.15, -0.1) is 0 Å². The molecular formula is C17H37N. The molecule has 0 aromatic carbocycles. The summed E-state index contributed by atoms with van der Waals surface area (Å²) in [6.07, 6.45) is 8.73. The van der Waals surface area contributed by atoms with Crippen molar-refractivity contribution in [3.05, 3.63) is 0 Å². The lowest BCUT2D eigenvalue weighted by Crippen LogP contribution is -2.38. The van der Waals surface area contributed by atoms with Gasteiger partial charge in [0, 0.05) is 0 Å². The predicted molar refractivity (Wildman–Crippen MR) is 84.1 cm³/mol. The minimum atomic E-state index is 0.783. The average Bonchev–Trinajstić information content (AvgIpc) is 2.75. The van der Waals surface area contributed by atoms with Crippen LogP contribution in [0.3, 0.4) is 0 Å². The number of likely N-dealkylation sites (tertiary alicyclic amines) is 1. The van der Waals surface area contributed by atoms with Crippen molar-refractivity contribution in [2.75, 3.05) is 19.6 Å². The number of nitrogens with zero attached hydrogens (tertiary/aromatic N) is 1. The topological polar surface area (TPSA) is 3.24 Å². The van der Waals surface area contributed by atoms with Gasteiger partial charge in [-0.2, -0.15) is 0 Å². The maximum atomic E-state index is 2.61. The van der Waals surface area contributed by atoms with Crippen molar-refractivity contribution < 1.29 is 0 Å². The second-order valence-electron chi connectivity index (χ2n) is 5.99. The first-order valence-corrected chi connectivity index (χ1v) is 8.38. The van der Waals surface area contributed by atoms with E-state index in [1.807, 2.05) is 13.8 Å². The highest BCUT2D eigenvalue weighted by Crippen LogP contribution is 2.48. The molecule has 110 valence electrons. The van der Waals surface area contributed by atoms with Gasteiger partial charge in [0.15, 0.2) is 0 Å². The zero-order chi connectivity index (χ0) is 14.0. The molecular weight excluding hydrogens is 218 g/mol. The molecule has 1 spiro atoms. The Morgan fingerprint density at radius 1 is 1.00 bits per heavy atom. The Labute approximate surface area is 116 Å². The fourth-order valence-electron chi connectivity index (χ4n) is 3.29. The molecule has 0 aromatic heterocycles. The number of hydrogen-bond acceptors (Lipinski definition) is 1. The van der Waals surface area contributed by atoms with Crippen LogP contribution in [0.1, 0.15) is 80.1 Å². The van der Waals surface area contributed by atoms with Crippen LogP contribution in [0.4, 0.5) is 0 Å². The Kier molecular flexibility index (Phi) is 9.81. The SMILES string of the molecule is CC.CCC.CCN1CCC2(CCC(C)C2)CC1. The van der Waals surface area contributed by atoms with E-state index in [1.165, 1.54) is 58.2 Å². The van der Waals surface area contributed by atoms with Crippen molar-refractivity contribution in [2.24, 2.45) is 11.3 Å². The van der Waals surface area contributed by atoms with Crippen LogP contribution in [0.5, 0.6) is 0 Å². The highest BCUT2D eigenvalue weighted by Gasteiger charge is 2.39. The quantitative estimate of drug-likeness (QED) is 0.610. The van der Waals surface area contributed by atoms with Crippen LogP contribution < -0.4 is 0 Å². The van der Waals surface area contributed by atoms with Gasteiger partial charge >= 0.3 is 0 Å². The lowest BCUT2D eigenvalue weighted by Gasteiger charge is -2.39. The van der Waals surface area contributed by atoms with Gasteiger partial charge in [0.25, 0.3) is 0 Å². The Morgan fingerprint density at radius 2 is 1.50 bits per heavy atom. The third kappa shape index (κ3) is 5.73. The van der Waals surface area contributed by atoms with E-state index in [0.29, 0.717) is 0 Å². The van der Waals surface area contributed by atoms with Crippen molar-refractivity contribution in [3.63, 3.8) is 0 Å². The lowest BCUT2D eigenvalue weighted by molar-refractivity contribution is 0.110. The first-order valence-electron chi connectivity index (χ1n) is 8.38. The summed E-state index contributed by atoms with van der Waals surface area (Å²) in [6, 6.07) is 0. The maximum Gasteiger partial charge on any atom is -0.00135 e. The Hall–Kier alpha value is -0.0400. The first kappa shape index (κ1) is 18.0. The van der Waals surface area contributed by atoms with E-state index in [0.717, 1.165) is 11.3 Å². The molecule has 2 rings (SSSR count). The van der Waals surface area contributed by atoms with Crippen LogP contribution in [0, 0.1) is 11.3 Å². The molecule has 0 bridgehead atoms. The molecule has 18 heavy (non-hydrogen) atoms. The van der Waals surface area contributed by atoms with Gasteiger partial charge in [0.2, 0.25) is 0 Å². The third-order valence-electron chi connectivity index (χ3n) is 4.31. The monoisotopic (exact) mass is 255 g/mol. The molecule has 1 nitrogen and oxygen atoms in total. The predicted octanol–water partition coefficient (Wildman–Crippen LogP) is 5.35. The van der Waals surface area contributed by atoms with Crippen LogP contribution in [-0.4, -0.2) is 24.5 Å². The molecule has 0 amide bonds. The molecule has 1 aliphatic heterocycles. The summed E-state index contributed by atoms with van der Waals surface area (Å²) in [5, 5.41) is 0. The third-order valence-corrected chi connectivity index (χ3v) is 4.31. The van der Waals surface area contributed by atoms with Crippen LogP contribution in [0.25, 0.3) is 0 Å². The molecule has 1 unspecified atom stereocenters. The minimum absolute atomic E-state index is 0.783. The van der Waals surface area contributed by atoms with Crippen molar-refractivity contribution in [2.45, 2.75) is 80.1 Å². The van der Waals surface area contributed by atoms with Crippen LogP contribution in [-0.2, 0) is 0 Å². The van der Waals surface area contributed by atoms with Gasteiger partial charge in [0.05, 0.1) is 0 Å². The molecule has 0 radical (unpaired) electrons. The van der Waals surface area contributed by atoms with Crippen LogP contribution in [0.15, 0.2) is 0 Å². The van der Waals surface area contributed by atoms with Gasteiger partial charge in [-0.25, -0.2) is 0 Å². The fourth-order valence-corrected chi connectivity index (χ4v) is 3.29. The van der Waals surface area contributed by atoms with E-state index in [1.54, 1.807) is 0 Å². The normalized spacial score (nSPS) is 26.0. The summed E-state index contributed by atoms with van der Waals surface area (Å²) >= 11 is 0. The molecule has 1 heterocycles. The van der Waals surface area contributed by atoms with E-state index in [2.05, 4.69) is 32.6 Å². The number of piperidine rings is 1.